The molecule has 28 heavy (non-hydrogen) atoms. The molecule has 9 heteroatoms. The van der Waals surface area contributed by atoms with E-state index in [0.29, 0.717) is 12.5 Å². The number of alkyl carbamates (subject to hydrolysis) is 1. The lowest BCUT2D eigenvalue weighted by Crippen LogP contribution is -2.52. The molecular formula is C19H40IN5O3. The van der Waals surface area contributed by atoms with Gasteiger partial charge in [0.2, 0.25) is 0 Å². The third-order valence-electron chi connectivity index (χ3n) is 4.73. The van der Waals surface area contributed by atoms with Gasteiger partial charge in [0.1, 0.15) is 5.60 Å². The maximum absolute atomic E-state index is 12.2. The van der Waals surface area contributed by atoms with Crippen LogP contribution in [-0.2, 0) is 9.47 Å². The van der Waals surface area contributed by atoms with Crippen LogP contribution in [0.25, 0.3) is 0 Å². The summed E-state index contributed by atoms with van der Waals surface area (Å²) in [5.41, 5.74) is 5.02. The van der Waals surface area contributed by atoms with E-state index in [0.717, 1.165) is 58.7 Å². The molecule has 0 aliphatic carbocycles. The molecule has 0 atom stereocenters. The molecule has 1 saturated heterocycles. The molecule has 0 aromatic carbocycles. The fraction of sp³-hybridized carbons (Fsp3) is 0.895. The maximum Gasteiger partial charge on any atom is 0.408 e. The van der Waals surface area contributed by atoms with Gasteiger partial charge in [0.05, 0.1) is 25.3 Å². The number of aliphatic imine (C=N–C) groups is 1. The highest BCUT2D eigenvalue weighted by atomic mass is 127. The zero-order valence-electron chi connectivity index (χ0n) is 18.2. The molecule has 4 N–H and O–H groups in total. The van der Waals surface area contributed by atoms with Crippen molar-refractivity contribution in [1.29, 1.82) is 0 Å². The molecule has 1 aliphatic heterocycles. The van der Waals surface area contributed by atoms with Gasteiger partial charge in [0, 0.05) is 19.6 Å². The van der Waals surface area contributed by atoms with Crippen molar-refractivity contribution in [1.82, 2.24) is 15.5 Å². The number of nitrogens with zero attached hydrogens (tertiary/aromatic N) is 2. The highest BCUT2D eigenvalue weighted by molar-refractivity contribution is 14.0. The van der Waals surface area contributed by atoms with E-state index in [1.807, 2.05) is 34.6 Å². The van der Waals surface area contributed by atoms with Crippen molar-refractivity contribution in [3.05, 3.63) is 0 Å². The van der Waals surface area contributed by atoms with Gasteiger partial charge in [-0.2, -0.15) is 0 Å². The van der Waals surface area contributed by atoms with Crippen molar-refractivity contribution < 1.29 is 14.3 Å². The predicted octanol–water partition coefficient (Wildman–Crippen LogP) is 2.31. The summed E-state index contributed by atoms with van der Waals surface area (Å²) in [7, 11) is 0. The van der Waals surface area contributed by atoms with Crippen molar-refractivity contribution in [2.75, 3.05) is 45.9 Å². The molecule has 0 unspecified atom stereocenters. The van der Waals surface area contributed by atoms with E-state index in [2.05, 4.69) is 20.5 Å². The second kappa shape index (κ2) is 13.4. The second-order valence-electron chi connectivity index (χ2n) is 8.05. The summed E-state index contributed by atoms with van der Waals surface area (Å²) in [6.45, 7) is 15.5. The summed E-state index contributed by atoms with van der Waals surface area (Å²) in [4.78, 5) is 19.0. The lowest BCUT2D eigenvalue weighted by atomic mass is 9.93. The first kappa shape index (κ1) is 27.2. The van der Waals surface area contributed by atoms with Crippen LogP contribution in [0.4, 0.5) is 4.79 Å². The number of amides is 1. The SMILES string of the molecule is CCC(CC)(CN=C(N)NCCCN1CCOCC1)NC(=O)OC(C)(C)C.I. The highest BCUT2D eigenvalue weighted by Crippen LogP contribution is 2.17. The number of halogens is 1. The number of morpholine rings is 1. The molecule has 1 fully saturated rings. The van der Waals surface area contributed by atoms with E-state index in [4.69, 9.17) is 15.2 Å². The van der Waals surface area contributed by atoms with Crippen LogP contribution >= 0.6 is 24.0 Å². The smallest absolute Gasteiger partial charge is 0.408 e. The average Bonchev–Trinajstić information content (AvgIpc) is 2.61. The number of carbonyl (C=O) groups excluding carboxylic acids is 1. The van der Waals surface area contributed by atoms with Gasteiger partial charge < -0.3 is 25.8 Å². The number of ether oxygens (including phenoxy) is 2. The number of nitrogens with one attached hydrogen (secondary N) is 2. The largest absolute Gasteiger partial charge is 0.444 e. The summed E-state index contributed by atoms with van der Waals surface area (Å²) >= 11 is 0. The first-order valence-electron chi connectivity index (χ1n) is 10.0. The van der Waals surface area contributed by atoms with Gasteiger partial charge in [-0.25, -0.2) is 4.79 Å². The first-order valence-corrected chi connectivity index (χ1v) is 10.0. The van der Waals surface area contributed by atoms with E-state index in [1.54, 1.807) is 0 Å². The Balaban J connectivity index is 0.00000729. The maximum atomic E-state index is 12.2. The molecule has 0 saturated carbocycles. The fourth-order valence-electron chi connectivity index (χ4n) is 2.85. The number of carbonyl (C=O) groups is 1. The number of rotatable bonds is 9. The van der Waals surface area contributed by atoms with Gasteiger partial charge in [-0.1, -0.05) is 13.8 Å². The molecule has 1 amide bonds. The van der Waals surface area contributed by atoms with Crippen LogP contribution in [0.2, 0.25) is 0 Å². The average molecular weight is 513 g/mol. The molecule has 166 valence electrons. The lowest BCUT2D eigenvalue weighted by Gasteiger charge is -2.32. The minimum absolute atomic E-state index is 0. The Bertz CT molecular complexity index is 473. The van der Waals surface area contributed by atoms with Crippen LogP contribution in [0, 0.1) is 0 Å². The fourth-order valence-corrected chi connectivity index (χ4v) is 2.85. The van der Waals surface area contributed by atoms with Gasteiger partial charge in [-0.3, -0.25) is 9.89 Å². The van der Waals surface area contributed by atoms with Crippen molar-refractivity contribution in [2.45, 2.75) is 65.0 Å². The van der Waals surface area contributed by atoms with E-state index >= 15 is 0 Å². The summed E-state index contributed by atoms with van der Waals surface area (Å²) in [5.74, 6) is 0.411. The van der Waals surface area contributed by atoms with E-state index in [1.165, 1.54) is 0 Å². The van der Waals surface area contributed by atoms with Crippen molar-refractivity contribution in [3.63, 3.8) is 0 Å². The molecule has 1 aliphatic rings. The summed E-state index contributed by atoms with van der Waals surface area (Å²) in [5, 5.41) is 6.14. The lowest BCUT2D eigenvalue weighted by molar-refractivity contribution is 0.0376. The molecule has 0 bridgehead atoms. The van der Waals surface area contributed by atoms with Crippen molar-refractivity contribution >= 4 is 36.0 Å². The Morgan fingerprint density at radius 2 is 1.82 bits per heavy atom. The molecule has 0 aromatic rings. The highest BCUT2D eigenvalue weighted by Gasteiger charge is 2.30. The van der Waals surface area contributed by atoms with E-state index < -0.39 is 17.2 Å². The Morgan fingerprint density at radius 1 is 1.21 bits per heavy atom. The monoisotopic (exact) mass is 513 g/mol. The summed E-state index contributed by atoms with van der Waals surface area (Å²) in [6.07, 6.45) is 2.07. The number of nitrogens with two attached hydrogens (primary N) is 1. The van der Waals surface area contributed by atoms with Crippen molar-refractivity contribution in [3.8, 4) is 0 Å². The third kappa shape index (κ3) is 11.3. The first-order chi connectivity index (χ1) is 12.7. The minimum atomic E-state index is -0.526. The zero-order valence-corrected chi connectivity index (χ0v) is 20.5. The Hall–Kier alpha value is -0.810. The van der Waals surface area contributed by atoms with Crippen molar-refractivity contribution in [2.24, 2.45) is 10.7 Å². The molecule has 1 heterocycles. The van der Waals surface area contributed by atoms with Crippen LogP contribution in [-0.4, -0.2) is 74.0 Å². The molecule has 1 rings (SSSR count). The molecular weight excluding hydrogens is 473 g/mol. The molecule has 8 nitrogen and oxygen atoms in total. The number of hydrogen-bond acceptors (Lipinski definition) is 5. The molecule has 0 spiro atoms. The standard InChI is InChI=1S/C19H39N5O3.HI/c1-6-19(7-2,23-17(25)27-18(3,4)5)15-22-16(20)21-9-8-10-24-11-13-26-14-12-24;/h6-15H2,1-5H3,(H,23,25)(H3,20,21,22);1H. The Morgan fingerprint density at radius 3 is 2.36 bits per heavy atom. The van der Waals surface area contributed by atoms with Crippen LogP contribution in [0.15, 0.2) is 4.99 Å². The van der Waals surface area contributed by atoms with Gasteiger partial charge >= 0.3 is 6.09 Å². The van der Waals surface area contributed by atoms with E-state index in [9.17, 15) is 4.79 Å². The minimum Gasteiger partial charge on any atom is -0.444 e. The molecule has 0 radical (unpaired) electrons. The summed E-state index contributed by atoms with van der Waals surface area (Å²) in [6, 6.07) is 0. The topological polar surface area (TPSA) is 101 Å². The van der Waals surface area contributed by atoms with Gasteiger partial charge in [0.25, 0.3) is 0 Å². The van der Waals surface area contributed by atoms with Gasteiger partial charge in [-0.15, -0.1) is 24.0 Å². The van der Waals surface area contributed by atoms with Gasteiger partial charge in [0.15, 0.2) is 5.96 Å². The molecule has 0 aromatic heterocycles. The zero-order chi connectivity index (χ0) is 20.3. The number of guanidine groups is 1. The Labute approximate surface area is 187 Å². The third-order valence-corrected chi connectivity index (χ3v) is 4.73. The van der Waals surface area contributed by atoms with Crippen LogP contribution in [0.1, 0.15) is 53.9 Å². The predicted molar refractivity (Wildman–Crippen MR) is 124 cm³/mol. The quantitative estimate of drug-likeness (QED) is 0.189. The summed E-state index contributed by atoms with van der Waals surface area (Å²) < 4.78 is 10.7. The van der Waals surface area contributed by atoms with Crippen LogP contribution in [0.3, 0.4) is 0 Å². The van der Waals surface area contributed by atoms with E-state index in [-0.39, 0.29) is 24.0 Å². The Kier molecular flexibility index (Phi) is 13.0. The number of hydrogen-bond donors (Lipinski definition) is 3. The second-order valence-corrected chi connectivity index (χ2v) is 8.05. The normalized spacial score (nSPS) is 16.2. The van der Waals surface area contributed by atoms with Crippen LogP contribution < -0.4 is 16.4 Å². The van der Waals surface area contributed by atoms with Crippen LogP contribution in [0.5, 0.6) is 0 Å². The van der Waals surface area contributed by atoms with Gasteiger partial charge in [-0.05, 0) is 46.6 Å².